The summed E-state index contributed by atoms with van der Waals surface area (Å²) >= 11 is 0. The van der Waals surface area contributed by atoms with Gasteiger partial charge in [-0.15, -0.1) is 0 Å². The number of hydrogen-bond donors (Lipinski definition) is 0. The maximum Gasteiger partial charge on any atom is 0.127 e. The van der Waals surface area contributed by atoms with Crippen molar-refractivity contribution in [3.8, 4) is 17.6 Å². The molecule has 0 saturated heterocycles. The van der Waals surface area contributed by atoms with Gasteiger partial charge in [-0.1, -0.05) is 36.8 Å². The fraction of sp³-hybridized carbons (Fsp3) is 0.278. The van der Waals surface area contributed by atoms with Crippen molar-refractivity contribution in [2.75, 3.05) is 0 Å². The highest BCUT2D eigenvalue weighted by molar-refractivity contribution is 5.33. The van der Waals surface area contributed by atoms with Crippen LogP contribution in [-0.4, -0.2) is 0 Å². The van der Waals surface area contributed by atoms with E-state index in [0.29, 0.717) is 0 Å². The second kappa shape index (κ2) is 5.38. The molecule has 2 heteroatoms. The van der Waals surface area contributed by atoms with E-state index in [4.69, 9.17) is 4.74 Å². The first-order valence-corrected chi connectivity index (χ1v) is 7.03. The quantitative estimate of drug-likeness (QED) is 0.800. The number of rotatable bonds is 4. The molecule has 100 valence electrons. The molecule has 0 atom stereocenters. The topological polar surface area (TPSA) is 33.0 Å². The first-order valence-electron chi connectivity index (χ1n) is 7.03. The Hall–Kier alpha value is -2.27. The van der Waals surface area contributed by atoms with E-state index >= 15 is 0 Å². The van der Waals surface area contributed by atoms with Crippen LogP contribution in [-0.2, 0) is 6.42 Å². The summed E-state index contributed by atoms with van der Waals surface area (Å²) < 4.78 is 5.77. The highest BCUT2D eigenvalue weighted by Crippen LogP contribution is 2.43. The Morgan fingerprint density at radius 3 is 2.15 bits per heavy atom. The van der Waals surface area contributed by atoms with Gasteiger partial charge in [-0.05, 0) is 49.1 Å². The molecule has 0 spiro atoms. The van der Waals surface area contributed by atoms with Crippen LogP contribution in [0.3, 0.4) is 0 Å². The van der Waals surface area contributed by atoms with Gasteiger partial charge in [0.05, 0.1) is 11.5 Å². The minimum atomic E-state index is -0.109. The third-order valence-corrected chi connectivity index (χ3v) is 3.99. The number of hydrogen-bond acceptors (Lipinski definition) is 2. The molecular weight excluding hydrogens is 246 g/mol. The zero-order valence-electron chi connectivity index (χ0n) is 11.4. The van der Waals surface area contributed by atoms with E-state index in [1.807, 2.05) is 42.5 Å². The molecule has 0 unspecified atom stereocenters. The van der Waals surface area contributed by atoms with E-state index in [2.05, 4.69) is 18.2 Å². The molecule has 1 saturated carbocycles. The van der Waals surface area contributed by atoms with Crippen LogP contribution in [0.5, 0.6) is 11.5 Å². The average molecular weight is 263 g/mol. The second-order valence-electron chi connectivity index (χ2n) is 5.48. The van der Waals surface area contributed by atoms with E-state index in [1.54, 1.807) is 0 Å². The molecule has 2 nitrogen and oxygen atoms in total. The molecular formula is C18H17NO. The van der Waals surface area contributed by atoms with Gasteiger partial charge in [-0.2, -0.15) is 5.26 Å². The SMILES string of the molecule is N#CC1(Cc2ccc(Oc3ccccc3)cc2)CCC1. The van der Waals surface area contributed by atoms with Gasteiger partial charge in [0.15, 0.2) is 0 Å². The van der Waals surface area contributed by atoms with E-state index in [-0.39, 0.29) is 5.41 Å². The largest absolute Gasteiger partial charge is 0.457 e. The monoisotopic (exact) mass is 263 g/mol. The molecule has 2 aromatic rings. The summed E-state index contributed by atoms with van der Waals surface area (Å²) in [7, 11) is 0. The van der Waals surface area contributed by atoms with Crippen LogP contribution in [0.4, 0.5) is 0 Å². The van der Waals surface area contributed by atoms with Gasteiger partial charge in [0.2, 0.25) is 0 Å². The van der Waals surface area contributed by atoms with Crippen LogP contribution in [0.25, 0.3) is 0 Å². The third kappa shape index (κ3) is 2.67. The Morgan fingerprint density at radius 1 is 0.950 bits per heavy atom. The lowest BCUT2D eigenvalue weighted by Gasteiger charge is -2.35. The van der Waals surface area contributed by atoms with Crippen molar-refractivity contribution in [2.24, 2.45) is 5.41 Å². The highest BCUT2D eigenvalue weighted by Gasteiger charge is 2.36. The summed E-state index contributed by atoms with van der Waals surface area (Å²) in [5.74, 6) is 1.67. The summed E-state index contributed by atoms with van der Waals surface area (Å²) in [5, 5.41) is 9.27. The van der Waals surface area contributed by atoms with Gasteiger partial charge in [-0.25, -0.2) is 0 Å². The molecule has 2 aromatic carbocycles. The Morgan fingerprint density at radius 2 is 1.60 bits per heavy atom. The van der Waals surface area contributed by atoms with Crippen LogP contribution in [0.2, 0.25) is 0 Å². The number of para-hydroxylation sites is 1. The summed E-state index contributed by atoms with van der Waals surface area (Å²) in [4.78, 5) is 0. The van der Waals surface area contributed by atoms with Crippen molar-refractivity contribution in [3.05, 3.63) is 60.2 Å². The minimum absolute atomic E-state index is 0.109. The van der Waals surface area contributed by atoms with Crippen LogP contribution in [0.15, 0.2) is 54.6 Å². The molecule has 0 N–H and O–H groups in total. The molecule has 0 amide bonds. The van der Waals surface area contributed by atoms with E-state index in [9.17, 15) is 5.26 Å². The lowest BCUT2D eigenvalue weighted by molar-refractivity contribution is 0.214. The Balaban J connectivity index is 1.67. The molecule has 0 radical (unpaired) electrons. The first-order chi connectivity index (χ1) is 9.80. The normalized spacial score (nSPS) is 15.9. The molecule has 0 aliphatic heterocycles. The van der Waals surface area contributed by atoms with Crippen LogP contribution in [0.1, 0.15) is 24.8 Å². The van der Waals surface area contributed by atoms with Gasteiger partial charge < -0.3 is 4.74 Å². The maximum atomic E-state index is 9.27. The average Bonchev–Trinajstić information content (AvgIpc) is 2.46. The van der Waals surface area contributed by atoms with Crippen LogP contribution >= 0.6 is 0 Å². The molecule has 0 bridgehead atoms. The zero-order valence-corrected chi connectivity index (χ0v) is 11.4. The number of nitrogens with zero attached hydrogens (tertiary/aromatic N) is 1. The van der Waals surface area contributed by atoms with E-state index in [1.165, 1.54) is 12.0 Å². The summed E-state index contributed by atoms with van der Waals surface area (Å²) in [6, 6.07) is 20.3. The van der Waals surface area contributed by atoms with Crippen molar-refractivity contribution in [1.82, 2.24) is 0 Å². The molecule has 3 rings (SSSR count). The number of nitriles is 1. The molecule has 1 aliphatic rings. The summed E-state index contributed by atoms with van der Waals surface area (Å²) in [6.45, 7) is 0. The van der Waals surface area contributed by atoms with Gasteiger partial charge in [0, 0.05) is 0 Å². The van der Waals surface area contributed by atoms with E-state index < -0.39 is 0 Å². The molecule has 1 fully saturated rings. The van der Waals surface area contributed by atoms with Crippen molar-refractivity contribution < 1.29 is 4.74 Å². The first kappa shape index (κ1) is 12.7. The molecule has 1 aliphatic carbocycles. The second-order valence-corrected chi connectivity index (χ2v) is 5.48. The van der Waals surface area contributed by atoms with Crippen molar-refractivity contribution in [1.29, 1.82) is 5.26 Å². The highest BCUT2D eigenvalue weighted by atomic mass is 16.5. The summed E-state index contributed by atoms with van der Waals surface area (Å²) in [6.07, 6.45) is 4.11. The molecule has 20 heavy (non-hydrogen) atoms. The maximum absolute atomic E-state index is 9.27. The lowest BCUT2D eigenvalue weighted by Crippen LogP contribution is -2.29. The Bertz CT molecular complexity index is 606. The van der Waals surface area contributed by atoms with Crippen LogP contribution < -0.4 is 4.74 Å². The Kier molecular flexibility index (Phi) is 3.43. The zero-order chi connectivity index (χ0) is 13.8. The summed E-state index contributed by atoms with van der Waals surface area (Å²) in [5.41, 5.74) is 1.11. The van der Waals surface area contributed by atoms with Gasteiger partial charge in [0.25, 0.3) is 0 Å². The van der Waals surface area contributed by atoms with Gasteiger partial charge in [0.1, 0.15) is 11.5 Å². The smallest absolute Gasteiger partial charge is 0.127 e. The number of ether oxygens (including phenoxy) is 1. The van der Waals surface area contributed by atoms with Crippen molar-refractivity contribution in [3.63, 3.8) is 0 Å². The number of benzene rings is 2. The van der Waals surface area contributed by atoms with E-state index in [0.717, 1.165) is 30.8 Å². The third-order valence-electron chi connectivity index (χ3n) is 3.99. The van der Waals surface area contributed by atoms with Crippen molar-refractivity contribution in [2.45, 2.75) is 25.7 Å². The fourth-order valence-electron chi connectivity index (χ4n) is 2.62. The predicted molar refractivity (Wildman–Crippen MR) is 78.6 cm³/mol. The standard InChI is InChI=1S/C18H17NO/c19-14-18(11-4-12-18)13-15-7-9-17(10-8-15)20-16-5-2-1-3-6-16/h1-3,5-10H,4,11-13H2. The van der Waals surface area contributed by atoms with Gasteiger partial charge in [-0.3, -0.25) is 0 Å². The van der Waals surface area contributed by atoms with Gasteiger partial charge >= 0.3 is 0 Å². The minimum Gasteiger partial charge on any atom is -0.457 e. The lowest BCUT2D eigenvalue weighted by atomic mass is 9.66. The Labute approximate surface area is 119 Å². The molecule has 0 heterocycles. The fourth-order valence-corrected chi connectivity index (χ4v) is 2.62. The van der Waals surface area contributed by atoms with Crippen LogP contribution in [0, 0.1) is 16.7 Å². The predicted octanol–water partition coefficient (Wildman–Crippen LogP) is 4.72. The molecule has 0 aromatic heterocycles. The van der Waals surface area contributed by atoms with Crippen molar-refractivity contribution >= 4 is 0 Å².